The van der Waals surface area contributed by atoms with Crippen LogP contribution in [0.25, 0.3) is 10.9 Å². The van der Waals surface area contributed by atoms with Crippen molar-refractivity contribution in [3.05, 3.63) is 54.9 Å². The Bertz CT molecular complexity index is 772. The largest absolute Gasteiger partial charge is 0.457 e. The molecular formula is C16H14N2OS. The molecule has 3 aromatic rings. The Morgan fingerprint density at radius 1 is 1.00 bits per heavy atom. The summed E-state index contributed by atoms with van der Waals surface area (Å²) >= 11 is 0. The van der Waals surface area contributed by atoms with Crippen molar-refractivity contribution in [2.45, 2.75) is 5.03 Å². The van der Waals surface area contributed by atoms with Crippen molar-refractivity contribution in [2.75, 3.05) is 6.26 Å². The van der Waals surface area contributed by atoms with E-state index in [4.69, 9.17) is 4.74 Å². The highest BCUT2D eigenvalue weighted by Gasteiger charge is 2.02. The number of ether oxygens (including phenoxy) is 1. The van der Waals surface area contributed by atoms with E-state index in [0.29, 0.717) is 0 Å². The van der Waals surface area contributed by atoms with Crippen LogP contribution in [0.15, 0.2) is 59.9 Å². The molecule has 0 N–H and O–H groups in total. The van der Waals surface area contributed by atoms with Crippen molar-refractivity contribution >= 4 is 27.3 Å². The van der Waals surface area contributed by atoms with E-state index in [-0.39, 0.29) is 10.5 Å². The van der Waals surface area contributed by atoms with Gasteiger partial charge in [-0.2, -0.15) is 0 Å². The molecular weight excluding hydrogens is 268 g/mol. The average Bonchev–Trinajstić information content (AvgIpc) is 2.47. The lowest BCUT2D eigenvalue weighted by atomic mass is 10.2. The number of pyridine rings is 2. The van der Waals surface area contributed by atoms with E-state index in [1.807, 2.05) is 36.4 Å². The minimum atomic E-state index is -0.0711. The van der Waals surface area contributed by atoms with Gasteiger partial charge >= 0.3 is 0 Å². The quantitative estimate of drug-likeness (QED) is 0.678. The van der Waals surface area contributed by atoms with Crippen LogP contribution < -0.4 is 4.74 Å². The fourth-order valence-corrected chi connectivity index (χ4v) is 2.44. The highest BCUT2D eigenvalue weighted by atomic mass is 32.2. The molecule has 0 radical (unpaired) electrons. The molecule has 0 bridgehead atoms. The van der Waals surface area contributed by atoms with Crippen LogP contribution in [0, 0.1) is 0 Å². The zero-order chi connectivity index (χ0) is 13.9. The first-order valence-corrected chi connectivity index (χ1v) is 7.97. The van der Waals surface area contributed by atoms with Crippen LogP contribution in [0.4, 0.5) is 0 Å². The van der Waals surface area contributed by atoms with Gasteiger partial charge in [0.25, 0.3) is 0 Å². The lowest BCUT2D eigenvalue weighted by Crippen LogP contribution is -1.87. The number of hydrogen-bond acceptors (Lipinski definition) is 3. The molecule has 2 heterocycles. The van der Waals surface area contributed by atoms with Crippen LogP contribution in [0.3, 0.4) is 0 Å². The van der Waals surface area contributed by atoms with E-state index >= 15 is 0 Å². The van der Waals surface area contributed by atoms with Crippen molar-refractivity contribution in [2.24, 2.45) is 0 Å². The predicted molar refractivity (Wildman–Crippen MR) is 85.0 cm³/mol. The van der Waals surface area contributed by atoms with Crippen molar-refractivity contribution in [3.8, 4) is 11.5 Å². The molecule has 100 valence electrons. The first kappa shape index (κ1) is 12.8. The molecule has 0 amide bonds. The monoisotopic (exact) mass is 282 g/mol. The van der Waals surface area contributed by atoms with Crippen LogP contribution in [0.1, 0.15) is 0 Å². The normalized spacial score (nSPS) is 12.2. The van der Waals surface area contributed by atoms with Gasteiger partial charge in [-0.25, -0.2) is 4.98 Å². The van der Waals surface area contributed by atoms with E-state index in [1.54, 1.807) is 12.4 Å². The Balaban J connectivity index is 1.95. The topological polar surface area (TPSA) is 35.0 Å². The van der Waals surface area contributed by atoms with Gasteiger partial charge < -0.3 is 4.74 Å². The summed E-state index contributed by atoms with van der Waals surface area (Å²) in [6.45, 7) is 0. The van der Waals surface area contributed by atoms with Gasteiger partial charge in [-0.1, -0.05) is 11.9 Å². The molecule has 0 aliphatic heterocycles. The third-order valence-corrected chi connectivity index (χ3v) is 3.82. The maximum atomic E-state index is 5.79. The Kier molecular flexibility index (Phi) is 3.48. The Morgan fingerprint density at radius 3 is 2.55 bits per heavy atom. The zero-order valence-electron chi connectivity index (χ0n) is 11.1. The number of benzene rings is 1. The zero-order valence-corrected chi connectivity index (χ0v) is 11.9. The van der Waals surface area contributed by atoms with Gasteiger partial charge in [-0.3, -0.25) is 4.98 Å². The van der Waals surface area contributed by atoms with Crippen LogP contribution in [0.2, 0.25) is 0 Å². The van der Waals surface area contributed by atoms with E-state index in [0.717, 1.165) is 27.4 Å². The van der Waals surface area contributed by atoms with Gasteiger partial charge in [0, 0.05) is 17.8 Å². The SMILES string of the molecule is C=S(C)c1ccc2cc(Oc3ccncc3)ccc2n1. The molecule has 20 heavy (non-hydrogen) atoms. The highest BCUT2D eigenvalue weighted by molar-refractivity contribution is 8.13. The van der Waals surface area contributed by atoms with Crippen molar-refractivity contribution in [3.63, 3.8) is 0 Å². The molecule has 0 aliphatic rings. The van der Waals surface area contributed by atoms with Crippen molar-refractivity contribution < 1.29 is 4.74 Å². The van der Waals surface area contributed by atoms with Gasteiger partial charge in [-0.05, 0) is 42.7 Å². The Hall–Kier alpha value is -2.20. The number of aromatic nitrogens is 2. The molecule has 3 rings (SSSR count). The molecule has 1 unspecified atom stereocenters. The Morgan fingerprint density at radius 2 is 1.80 bits per heavy atom. The number of fused-ring (bicyclic) bond motifs is 1. The second kappa shape index (κ2) is 5.43. The summed E-state index contributed by atoms with van der Waals surface area (Å²) in [6.07, 6.45) is 5.48. The van der Waals surface area contributed by atoms with E-state index in [1.165, 1.54) is 0 Å². The maximum Gasteiger partial charge on any atom is 0.130 e. The summed E-state index contributed by atoms with van der Waals surface area (Å²) in [5, 5.41) is 2.09. The van der Waals surface area contributed by atoms with Crippen LogP contribution in [0.5, 0.6) is 11.5 Å². The lowest BCUT2D eigenvalue weighted by molar-refractivity contribution is 0.482. The first-order chi connectivity index (χ1) is 9.72. The van der Waals surface area contributed by atoms with Crippen LogP contribution >= 0.6 is 10.5 Å². The minimum Gasteiger partial charge on any atom is -0.457 e. The lowest BCUT2D eigenvalue weighted by Gasteiger charge is -2.07. The molecule has 0 spiro atoms. The summed E-state index contributed by atoms with van der Waals surface area (Å²) in [4.78, 5) is 8.58. The van der Waals surface area contributed by atoms with E-state index < -0.39 is 0 Å². The van der Waals surface area contributed by atoms with Gasteiger partial charge in [-0.15, -0.1) is 10.5 Å². The molecule has 0 aliphatic carbocycles. The highest BCUT2D eigenvalue weighted by Crippen LogP contribution is 2.27. The van der Waals surface area contributed by atoms with E-state index in [9.17, 15) is 0 Å². The summed E-state index contributed by atoms with van der Waals surface area (Å²) in [5.74, 6) is 5.59. The Labute approximate surface area is 120 Å². The average molecular weight is 282 g/mol. The third-order valence-electron chi connectivity index (χ3n) is 2.88. The smallest absolute Gasteiger partial charge is 0.130 e. The molecule has 1 aromatic carbocycles. The first-order valence-electron chi connectivity index (χ1n) is 6.17. The van der Waals surface area contributed by atoms with Crippen LogP contribution in [-0.2, 0) is 0 Å². The summed E-state index contributed by atoms with van der Waals surface area (Å²) < 4.78 is 5.79. The fourth-order valence-electron chi connectivity index (χ4n) is 1.88. The number of nitrogens with zero attached hydrogens (tertiary/aromatic N) is 2. The van der Waals surface area contributed by atoms with E-state index in [2.05, 4.69) is 28.2 Å². The molecule has 0 saturated heterocycles. The van der Waals surface area contributed by atoms with Crippen LogP contribution in [-0.4, -0.2) is 22.1 Å². The molecule has 2 aromatic heterocycles. The summed E-state index contributed by atoms with van der Waals surface area (Å²) in [6, 6.07) is 13.6. The standard InChI is InChI=1S/C16H14N2OS/c1-20(2)16-6-3-12-11-14(4-5-15(12)18-16)19-13-7-9-17-10-8-13/h3-11H,1H2,2H3. The maximum absolute atomic E-state index is 5.79. The van der Waals surface area contributed by atoms with Gasteiger partial charge in [0.2, 0.25) is 0 Å². The second-order valence-corrected chi connectivity index (χ2v) is 6.12. The summed E-state index contributed by atoms with van der Waals surface area (Å²) in [5.41, 5.74) is 0.965. The summed E-state index contributed by atoms with van der Waals surface area (Å²) in [7, 11) is -0.0711. The molecule has 0 saturated carbocycles. The molecule has 1 atom stereocenters. The van der Waals surface area contributed by atoms with Crippen molar-refractivity contribution in [1.82, 2.24) is 9.97 Å². The second-order valence-electron chi connectivity index (χ2n) is 4.43. The third kappa shape index (κ3) is 2.70. The van der Waals surface area contributed by atoms with Crippen molar-refractivity contribution in [1.29, 1.82) is 0 Å². The number of hydrogen-bond donors (Lipinski definition) is 0. The van der Waals surface area contributed by atoms with Gasteiger partial charge in [0.1, 0.15) is 11.5 Å². The van der Waals surface area contributed by atoms with Gasteiger partial charge in [0.05, 0.1) is 10.5 Å². The van der Waals surface area contributed by atoms with Gasteiger partial charge in [0.15, 0.2) is 0 Å². The minimum absolute atomic E-state index is 0.0711. The molecule has 4 heteroatoms. The molecule has 3 nitrogen and oxygen atoms in total. The fraction of sp³-hybridized carbons (Fsp3) is 0.0625. The predicted octanol–water partition coefficient (Wildman–Crippen LogP) is 4.11. The number of rotatable bonds is 3. The molecule has 0 fully saturated rings.